The maximum absolute atomic E-state index is 9.07. The number of hydrogen-bond acceptors (Lipinski definition) is 4. The monoisotopic (exact) mass is 224 g/mol. The molecule has 0 radical (unpaired) electrons. The summed E-state index contributed by atoms with van der Waals surface area (Å²) in [7, 11) is 0. The summed E-state index contributed by atoms with van der Waals surface area (Å²) in [5.41, 5.74) is -0.469. The number of nitrogens with zero attached hydrogens (tertiary/aromatic N) is 1. The molecule has 82 valence electrons. The standard InChI is InChI=1S/C11H16N2OS/c1-4-13-11(3,7-12)8-15-10-5-6-14-9(10)2/h5-6,13H,4,8H2,1-3H3. The minimum absolute atomic E-state index is 0.469. The Bertz CT molecular complexity index is 356. The van der Waals surface area contributed by atoms with Crippen molar-refractivity contribution in [2.24, 2.45) is 0 Å². The summed E-state index contributed by atoms with van der Waals surface area (Å²) in [5.74, 6) is 1.63. The van der Waals surface area contributed by atoms with E-state index in [2.05, 4.69) is 11.4 Å². The van der Waals surface area contributed by atoms with Crippen molar-refractivity contribution in [2.75, 3.05) is 12.3 Å². The Hall–Kier alpha value is -0.920. The zero-order valence-electron chi connectivity index (χ0n) is 9.33. The molecule has 3 nitrogen and oxygen atoms in total. The fourth-order valence-corrected chi connectivity index (χ4v) is 2.27. The van der Waals surface area contributed by atoms with E-state index in [-0.39, 0.29) is 0 Å². The van der Waals surface area contributed by atoms with Crippen molar-refractivity contribution in [3.05, 3.63) is 18.1 Å². The summed E-state index contributed by atoms with van der Waals surface area (Å²) >= 11 is 1.65. The highest BCUT2D eigenvalue weighted by atomic mass is 32.2. The maximum atomic E-state index is 9.07. The first-order valence-electron chi connectivity index (χ1n) is 4.94. The zero-order chi connectivity index (χ0) is 11.3. The van der Waals surface area contributed by atoms with Crippen LogP contribution in [0.1, 0.15) is 19.6 Å². The number of furan rings is 1. The van der Waals surface area contributed by atoms with Crippen LogP contribution in [0.5, 0.6) is 0 Å². The summed E-state index contributed by atoms with van der Waals surface area (Å²) < 4.78 is 5.20. The van der Waals surface area contributed by atoms with Crippen LogP contribution in [0.25, 0.3) is 0 Å². The molecule has 0 fully saturated rings. The molecule has 1 atom stereocenters. The second kappa shape index (κ2) is 5.24. The highest BCUT2D eigenvalue weighted by Crippen LogP contribution is 2.26. The van der Waals surface area contributed by atoms with E-state index < -0.39 is 5.54 Å². The summed E-state index contributed by atoms with van der Waals surface area (Å²) in [6.45, 7) is 6.65. The van der Waals surface area contributed by atoms with Gasteiger partial charge in [0.15, 0.2) is 0 Å². The smallest absolute Gasteiger partial charge is 0.114 e. The van der Waals surface area contributed by atoms with Gasteiger partial charge in [-0.25, -0.2) is 0 Å². The molecule has 0 amide bonds. The summed E-state index contributed by atoms with van der Waals surface area (Å²) in [6.07, 6.45) is 1.68. The molecule has 1 unspecified atom stereocenters. The number of nitriles is 1. The van der Waals surface area contributed by atoms with Crippen LogP contribution < -0.4 is 5.32 Å². The average Bonchev–Trinajstić information content (AvgIpc) is 2.62. The van der Waals surface area contributed by atoms with E-state index >= 15 is 0 Å². The lowest BCUT2D eigenvalue weighted by atomic mass is 10.1. The van der Waals surface area contributed by atoms with Gasteiger partial charge in [0.25, 0.3) is 0 Å². The van der Waals surface area contributed by atoms with Gasteiger partial charge in [0.2, 0.25) is 0 Å². The van der Waals surface area contributed by atoms with Crippen molar-refractivity contribution in [1.29, 1.82) is 5.26 Å². The third kappa shape index (κ3) is 3.29. The largest absolute Gasteiger partial charge is 0.468 e. The minimum atomic E-state index is -0.469. The van der Waals surface area contributed by atoms with Crippen molar-refractivity contribution in [1.82, 2.24) is 5.32 Å². The van der Waals surface area contributed by atoms with Gasteiger partial charge < -0.3 is 4.42 Å². The molecule has 1 heterocycles. The Morgan fingerprint density at radius 3 is 2.87 bits per heavy atom. The highest BCUT2D eigenvalue weighted by Gasteiger charge is 2.22. The summed E-state index contributed by atoms with van der Waals surface area (Å²) in [4.78, 5) is 1.11. The molecule has 4 heteroatoms. The van der Waals surface area contributed by atoms with Crippen LogP contribution in [0.4, 0.5) is 0 Å². The summed E-state index contributed by atoms with van der Waals surface area (Å²) in [5, 5.41) is 12.2. The SMILES string of the molecule is CCNC(C)(C#N)CSc1ccoc1C. The van der Waals surface area contributed by atoms with Crippen molar-refractivity contribution in [2.45, 2.75) is 31.2 Å². The maximum Gasteiger partial charge on any atom is 0.114 e. The van der Waals surface area contributed by atoms with Crippen LogP contribution >= 0.6 is 11.8 Å². The quantitative estimate of drug-likeness (QED) is 0.781. The van der Waals surface area contributed by atoms with E-state index in [1.165, 1.54) is 0 Å². The van der Waals surface area contributed by atoms with Crippen LogP contribution in [0.2, 0.25) is 0 Å². The van der Waals surface area contributed by atoms with E-state index in [4.69, 9.17) is 9.68 Å². The fourth-order valence-electron chi connectivity index (χ4n) is 1.26. The molecule has 0 bridgehead atoms. The molecule has 15 heavy (non-hydrogen) atoms. The average molecular weight is 224 g/mol. The molecule has 1 rings (SSSR count). The summed E-state index contributed by atoms with van der Waals surface area (Å²) in [6, 6.07) is 4.23. The van der Waals surface area contributed by atoms with Gasteiger partial charge in [-0.3, -0.25) is 5.32 Å². The second-order valence-corrected chi connectivity index (χ2v) is 4.62. The Labute approximate surface area is 94.8 Å². The van der Waals surface area contributed by atoms with Crippen LogP contribution in [0.3, 0.4) is 0 Å². The van der Waals surface area contributed by atoms with Gasteiger partial charge in [-0.2, -0.15) is 5.26 Å². The fraction of sp³-hybridized carbons (Fsp3) is 0.545. The Kier molecular flexibility index (Phi) is 4.25. The molecule has 1 N–H and O–H groups in total. The van der Waals surface area contributed by atoms with Gasteiger partial charge in [0, 0.05) is 10.6 Å². The van der Waals surface area contributed by atoms with Crippen LogP contribution in [0.15, 0.2) is 21.6 Å². The molecule has 0 aliphatic carbocycles. The van der Waals surface area contributed by atoms with Gasteiger partial charge in [0.05, 0.1) is 12.3 Å². The lowest BCUT2D eigenvalue weighted by Gasteiger charge is -2.21. The molecule has 0 aliphatic heterocycles. The van der Waals surface area contributed by atoms with Crippen LogP contribution in [-0.4, -0.2) is 17.8 Å². The van der Waals surface area contributed by atoms with Crippen molar-refractivity contribution in [3.8, 4) is 6.07 Å². The molecule has 1 aromatic rings. The van der Waals surface area contributed by atoms with Crippen molar-refractivity contribution >= 4 is 11.8 Å². The van der Waals surface area contributed by atoms with Crippen molar-refractivity contribution < 1.29 is 4.42 Å². The van der Waals surface area contributed by atoms with E-state index in [1.54, 1.807) is 18.0 Å². The number of thioether (sulfide) groups is 1. The van der Waals surface area contributed by atoms with Gasteiger partial charge in [-0.15, -0.1) is 11.8 Å². The normalized spacial score (nSPS) is 14.5. The molecular formula is C11H16N2OS. The molecule has 0 saturated carbocycles. The molecule has 0 saturated heterocycles. The van der Waals surface area contributed by atoms with Gasteiger partial charge in [0.1, 0.15) is 11.3 Å². The molecule has 0 aromatic carbocycles. The first-order valence-corrected chi connectivity index (χ1v) is 5.93. The number of hydrogen-bond donors (Lipinski definition) is 1. The molecule has 1 aromatic heterocycles. The highest BCUT2D eigenvalue weighted by molar-refractivity contribution is 7.99. The van der Waals surface area contributed by atoms with Crippen molar-refractivity contribution in [3.63, 3.8) is 0 Å². The second-order valence-electron chi connectivity index (χ2n) is 3.60. The Morgan fingerprint density at radius 2 is 2.40 bits per heavy atom. The third-order valence-electron chi connectivity index (χ3n) is 2.14. The lowest BCUT2D eigenvalue weighted by Crippen LogP contribution is -2.43. The third-order valence-corrected chi connectivity index (χ3v) is 3.60. The van der Waals surface area contributed by atoms with Gasteiger partial charge in [-0.1, -0.05) is 6.92 Å². The molecule has 0 aliphatic rings. The van der Waals surface area contributed by atoms with Gasteiger partial charge in [-0.05, 0) is 26.5 Å². The zero-order valence-corrected chi connectivity index (χ0v) is 10.1. The lowest BCUT2D eigenvalue weighted by molar-refractivity contribution is 0.510. The first-order chi connectivity index (χ1) is 7.11. The topological polar surface area (TPSA) is 49.0 Å². The number of aryl methyl sites for hydroxylation is 1. The van der Waals surface area contributed by atoms with E-state index in [0.29, 0.717) is 0 Å². The van der Waals surface area contributed by atoms with Crippen LogP contribution in [0, 0.1) is 18.3 Å². The Morgan fingerprint density at radius 1 is 1.67 bits per heavy atom. The molecule has 0 spiro atoms. The molecular weight excluding hydrogens is 208 g/mol. The van der Waals surface area contributed by atoms with Crippen LogP contribution in [-0.2, 0) is 0 Å². The number of rotatable bonds is 5. The van der Waals surface area contributed by atoms with Gasteiger partial charge >= 0.3 is 0 Å². The predicted molar refractivity (Wildman–Crippen MR) is 61.9 cm³/mol. The van der Waals surface area contributed by atoms with E-state index in [0.717, 1.165) is 23.0 Å². The van der Waals surface area contributed by atoms with E-state index in [9.17, 15) is 0 Å². The minimum Gasteiger partial charge on any atom is -0.468 e. The van der Waals surface area contributed by atoms with E-state index in [1.807, 2.05) is 26.8 Å². The predicted octanol–water partition coefficient (Wildman–Crippen LogP) is 2.57. The first kappa shape index (κ1) is 12.2. The Balaban J connectivity index is 2.56. The number of nitrogens with one attached hydrogen (secondary N) is 1.